The highest BCUT2D eigenvalue weighted by atomic mass is 35.5. The molecule has 2 unspecified atom stereocenters. The van der Waals surface area contributed by atoms with Crippen LogP contribution < -0.4 is 11.3 Å². The summed E-state index contributed by atoms with van der Waals surface area (Å²) in [7, 11) is 0. The van der Waals surface area contributed by atoms with E-state index in [1.54, 1.807) is 0 Å². The third-order valence-corrected chi connectivity index (χ3v) is 5.48. The number of halogens is 1. The van der Waals surface area contributed by atoms with E-state index in [-0.39, 0.29) is 0 Å². The monoisotopic (exact) mass is 302 g/mol. The molecule has 0 aliphatic carbocycles. The predicted molar refractivity (Wildman–Crippen MR) is 82.5 cm³/mol. The van der Waals surface area contributed by atoms with Gasteiger partial charge in [-0.1, -0.05) is 18.5 Å². The Kier molecular flexibility index (Phi) is 5.57. The Labute approximate surface area is 124 Å². The molecule has 0 spiro atoms. The van der Waals surface area contributed by atoms with Gasteiger partial charge in [0, 0.05) is 19.0 Å². The van der Waals surface area contributed by atoms with E-state index in [4.69, 9.17) is 17.4 Å². The summed E-state index contributed by atoms with van der Waals surface area (Å²) >= 11 is 8.47. The Balaban J connectivity index is 2.18. The van der Waals surface area contributed by atoms with E-state index in [1.807, 2.05) is 16.4 Å². The normalized spacial score (nSPS) is 20.9. The molecule has 6 heteroatoms. The Hall–Kier alpha value is -0.230. The van der Waals surface area contributed by atoms with Crippen molar-refractivity contribution in [3.05, 3.63) is 16.4 Å². The molecule has 0 amide bonds. The topological polar surface area (TPSA) is 55.9 Å². The van der Waals surface area contributed by atoms with Crippen molar-refractivity contribution in [2.75, 3.05) is 11.5 Å². The number of hydrazine groups is 1. The summed E-state index contributed by atoms with van der Waals surface area (Å²) in [6, 6.07) is 0.291. The Bertz CT molecular complexity index is 415. The molecule has 1 aliphatic heterocycles. The van der Waals surface area contributed by atoms with Gasteiger partial charge < -0.3 is 0 Å². The molecule has 1 aliphatic rings. The van der Waals surface area contributed by atoms with Gasteiger partial charge in [-0.25, -0.2) is 0 Å². The molecule has 19 heavy (non-hydrogen) atoms. The van der Waals surface area contributed by atoms with Crippen LogP contribution in [0.15, 0.2) is 0 Å². The second-order valence-electron chi connectivity index (χ2n) is 4.98. The zero-order valence-corrected chi connectivity index (χ0v) is 13.2. The van der Waals surface area contributed by atoms with Crippen LogP contribution in [0.25, 0.3) is 0 Å². The van der Waals surface area contributed by atoms with Crippen LogP contribution in [-0.2, 0) is 19.4 Å². The zero-order valence-electron chi connectivity index (χ0n) is 11.7. The van der Waals surface area contributed by atoms with Gasteiger partial charge in [-0.3, -0.25) is 16.0 Å². The fourth-order valence-corrected chi connectivity index (χ4v) is 4.34. The maximum absolute atomic E-state index is 6.46. The Morgan fingerprint density at radius 3 is 2.89 bits per heavy atom. The molecular weight excluding hydrogens is 280 g/mol. The largest absolute Gasteiger partial charge is 0.271 e. The van der Waals surface area contributed by atoms with Crippen LogP contribution in [0.1, 0.15) is 31.7 Å². The molecule has 0 bridgehead atoms. The molecule has 1 aromatic heterocycles. The van der Waals surface area contributed by atoms with Gasteiger partial charge in [-0.15, -0.1) is 0 Å². The molecule has 2 heterocycles. The molecule has 0 radical (unpaired) electrons. The number of nitrogens with zero attached hydrogens (tertiary/aromatic N) is 2. The molecule has 108 valence electrons. The summed E-state index contributed by atoms with van der Waals surface area (Å²) in [6.07, 6.45) is 2.97. The van der Waals surface area contributed by atoms with Gasteiger partial charge in [-0.05, 0) is 37.2 Å². The molecule has 3 N–H and O–H groups in total. The number of nitrogens with two attached hydrogens (primary N) is 1. The minimum atomic E-state index is 0.291. The Morgan fingerprint density at radius 1 is 1.58 bits per heavy atom. The maximum Gasteiger partial charge on any atom is 0.0850 e. The van der Waals surface area contributed by atoms with Crippen molar-refractivity contribution in [2.45, 2.75) is 45.7 Å². The van der Waals surface area contributed by atoms with Gasteiger partial charge in [0.2, 0.25) is 0 Å². The van der Waals surface area contributed by atoms with Crippen LogP contribution in [0, 0.1) is 5.92 Å². The quantitative estimate of drug-likeness (QED) is 0.625. The minimum Gasteiger partial charge on any atom is -0.271 e. The van der Waals surface area contributed by atoms with Gasteiger partial charge in [-0.2, -0.15) is 16.9 Å². The van der Waals surface area contributed by atoms with Crippen LogP contribution in [-0.4, -0.2) is 27.3 Å². The van der Waals surface area contributed by atoms with Gasteiger partial charge in [0.1, 0.15) is 0 Å². The number of hydrogen-bond donors (Lipinski definition) is 2. The lowest BCUT2D eigenvalue weighted by Gasteiger charge is -2.22. The van der Waals surface area contributed by atoms with Crippen molar-refractivity contribution in [1.82, 2.24) is 15.2 Å². The third-order valence-electron chi connectivity index (χ3n) is 3.86. The maximum atomic E-state index is 6.46. The standard InChI is InChI=1S/C13H23ClN4S/c1-3-10-13(14)12(18(4-2)17-10)7-11(16-15)9-5-6-19-8-9/h9,11,16H,3-8,15H2,1-2H3. The first-order chi connectivity index (χ1) is 9.21. The number of aryl methyl sites for hydroxylation is 2. The number of thioether (sulfide) groups is 1. The molecule has 0 aromatic carbocycles. The minimum absolute atomic E-state index is 0.291. The summed E-state index contributed by atoms with van der Waals surface area (Å²) in [6.45, 7) is 5.04. The average molecular weight is 303 g/mol. The van der Waals surface area contributed by atoms with Gasteiger partial charge in [0.15, 0.2) is 0 Å². The van der Waals surface area contributed by atoms with E-state index < -0.39 is 0 Å². The van der Waals surface area contributed by atoms with E-state index in [1.165, 1.54) is 17.9 Å². The summed E-state index contributed by atoms with van der Waals surface area (Å²) < 4.78 is 2.02. The summed E-state index contributed by atoms with van der Waals surface area (Å²) in [5.74, 6) is 8.81. The molecule has 4 nitrogen and oxygen atoms in total. The highest BCUT2D eigenvalue weighted by Crippen LogP contribution is 2.30. The van der Waals surface area contributed by atoms with Crippen molar-refractivity contribution in [3.8, 4) is 0 Å². The highest BCUT2D eigenvalue weighted by Gasteiger charge is 2.27. The molecule has 1 aromatic rings. The number of hydrogen-bond acceptors (Lipinski definition) is 4. The van der Waals surface area contributed by atoms with Crippen LogP contribution >= 0.6 is 23.4 Å². The van der Waals surface area contributed by atoms with E-state index in [2.05, 4.69) is 24.4 Å². The van der Waals surface area contributed by atoms with Crippen molar-refractivity contribution in [1.29, 1.82) is 0 Å². The van der Waals surface area contributed by atoms with Gasteiger partial charge >= 0.3 is 0 Å². The Morgan fingerprint density at radius 2 is 2.37 bits per heavy atom. The van der Waals surface area contributed by atoms with Gasteiger partial charge in [0.25, 0.3) is 0 Å². The highest BCUT2D eigenvalue weighted by molar-refractivity contribution is 7.99. The lowest BCUT2D eigenvalue weighted by atomic mass is 9.95. The van der Waals surface area contributed by atoms with E-state index in [9.17, 15) is 0 Å². The molecule has 2 atom stereocenters. The number of aromatic nitrogens is 2. The van der Waals surface area contributed by atoms with Crippen molar-refractivity contribution < 1.29 is 0 Å². The van der Waals surface area contributed by atoms with Gasteiger partial charge in [0.05, 0.1) is 16.4 Å². The molecule has 1 saturated heterocycles. The third kappa shape index (κ3) is 3.27. The molecule has 1 fully saturated rings. The molecule has 2 rings (SSSR count). The second-order valence-corrected chi connectivity index (χ2v) is 6.51. The van der Waals surface area contributed by atoms with Crippen molar-refractivity contribution >= 4 is 23.4 Å². The van der Waals surface area contributed by atoms with Crippen molar-refractivity contribution in [3.63, 3.8) is 0 Å². The lowest BCUT2D eigenvalue weighted by Crippen LogP contribution is -2.43. The zero-order chi connectivity index (χ0) is 13.8. The summed E-state index contributed by atoms with van der Waals surface area (Å²) in [5.41, 5.74) is 5.11. The number of rotatable bonds is 6. The average Bonchev–Trinajstić information content (AvgIpc) is 3.04. The molecular formula is C13H23ClN4S. The van der Waals surface area contributed by atoms with Crippen molar-refractivity contribution in [2.24, 2.45) is 11.8 Å². The predicted octanol–water partition coefficient (Wildman–Crippen LogP) is 2.25. The summed E-state index contributed by atoms with van der Waals surface area (Å²) in [4.78, 5) is 0. The SMILES string of the molecule is CCc1nn(CC)c(CC(NN)C2CCSC2)c1Cl. The fourth-order valence-electron chi connectivity index (χ4n) is 2.65. The first-order valence-corrected chi connectivity index (χ1v) is 8.52. The molecule has 0 saturated carbocycles. The van der Waals surface area contributed by atoms with E-state index in [0.29, 0.717) is 12.0 Å². The first-order valence-electron chi connectivity index (χ1n) is 6.99. The van der Waals surface area contributed by atoms with Crippen LogP contribution in [0.4, 0.5) is 0 Å². The van der Waals surface area contributed by atoms with Crippen LogP contribution in [0.3, 0.4) is 0 Å². The smallest absolute Gasteiger partial charge is 0.0850 e. The number of nitrogens with one attached hydrogen (secondary N) is 1. The van der Waals surface area contributed by atoms with Crippen LogP contribution in [0.5, 0.6) is 0 Å². The van der Waals surface area contributed by atoms with E-state index >= 15 is 0 Å². The van der Waals surface area contributed by atoms with Crippen LogP contribution in [0.2, 0.25) is 5.02 Å². The second kappa shape index (κ2) is 6.97. The van der Waals surface area contributed by atoms with E-state index in [0.717, 1.165) is 35.8 Å². The lowest BCUT2D eigenvalue weighted by molar-refractivity contribution is 0.377. The fraction of sp³-hybridized carbons (Fsp3) is 0.769. The summed E-state index contributed by atoms with van der Waals surface area (Å²) in [5, 5.41) is 5.40. The first kappa shape index (κ1) is 15.2.